The first-order chi connectivity index (χ1) is 14.0. The van der Waals surface area contributed by atoms with Crippen molar-refractivity contribution < 1.29 is 19.4 Å². The lowest BCUT2D eigenvalue weighted by atomic mass is 9.81. The fourth-order valence-electron chi connectivity index (χ4n) is 4.04. The smallest absolute Gasteiger partial charge is 0.405 e. The van der Waals surface area contributed by atoms with Crippen LogP contribution < -0.4 is 5.73 Å². The van der Waals surface area contributed by atoms with Crippen molar-refractivity contribution in [1.29, 1.82) is 0 Å². The summed E-state index contributed by atoms with van der Waals surface area (Å²) in [6.07, 6.45) is -0.184. The van der Waals surface area contributed by atoms with Crippen molar-refractivity contribution in [2.75, 3.05) is 0 Å². The van der Waals surface area contributed by atoms with E-state index < -0.39 is 11.7 Å². The summed E-state index contributed by atoms with van der Waals surface area (Å²) in [7, 11) is 0. The van der Waals surface area contributed by atoms with Crippen LogP contribution in [-0.2, 0) is 10.3 Å². The zero-order chi connectivity index (χ0) is 20.6. The van der Waals surface area contributed by atoms with Gasteiger partial charge in [-0.15, -0.1) is 0 Å². The molecule has 0 saturated heterocycles. The molecule has 0 fully saturated rings. The Hall–Kier alpha value is -3.86. The first-order valence-corrected chi connectivity index (χ1v) is 9.13. The zero-order valence-corrected chi connectivity index (χ0v) is 15.8. The van der Waals surface area contributed by atoms with Crippen LogP contribution in [-0.4, -0.2) is 17.5 Å². The number of phenols is 1. The van der Waals surface area contributed by atoms with Gasteiger partial charge in [-0.05, 0) is 34.5 Å². The van der Waals surface area contributed by atoms with Crippen LogP contribution in [0.5, 0.6) is 5.75 Å². The molecule has 0 heterocycles. The second kappa shape index (κ2) is 6.95. The summed E-state index contributed by atoms with van der Waals surface area (Å²) in [5.74, 6) is -0.0176. The maximum Gasteiger partial charge on any atom is 0.405 e. The Kier molecular flexibility index (Phi) is 4.43. The van der Waals surface area contributed by atoms with Gasteiger partial charge in [-0.1, -0.05) is 66.7 Å². The molecule has 0 aliphatic heterocycles. The molecule has 1 amide bonds. The van der Waals surface area contributed by atoms with Crippen LogP contribution in [0, 0.1) is 0 Å². The lowest BCUT2D eigenvalue weighted by Gasteiger charge is -2.32. The van der Waals surface area contributed by atoms with E-state index in [1.165, 1.54) is 0 Å². The number of aldehydes is 1. The van der Waals surface area contributed by atoms with Crippen LogP contribution in [0.1, 0.15) is 28.4 Å². The molecule has 0 aliphatic carbocycles. The van der Waals surface area contributed by atoms with Gasteiger partial charge in [0.1, 0.15) is 5.75 Å². The second-order valence-corrected chi connectivity index (χ2v) is 7.00. The predicted molar refractivity (Wildman–Crippen MR) is 112 cm³/mol. The number of hydrogen-bond donors (Lipinski definition) is 2. The summed E-state index contributed by atoms with van der Waals surface area (Å²) in [6.45, 7) is 1.70. The molecular formula is C24H19NO4. The minimum atomic E-state index is -1.39. The summed E-state index contributed by atoms with van der Waals surface area (Å²) in [5.41, 5.74) is 5.62. The average molecular weight is 385 g/mol. The largest absolute Gasteiger partial charge is 0.507 e. The molecule has 144 valence electrons. The molecule has 4 aromatic carbocycles. The van der Waals surface area contributed by atoms with Crippen molar-refractivity contribution in [3.05, 3.63) is 89.5 Å². The topological polar surface area (TPSA) is 89.6 Å². The zero-order valence-electron chi connectivity index (χ0n) is 15.8. The number of primary amides is 1. The Morgan fingerprint density at radius 1 is 0.931 bits per heavy atom. The highest BCUT2D eigenvalue weighted by atomic mass is 16.6. The van der Waals surface area contributed by atoms with Gasteiger partial charge in [0.05, 0.1) is 0 Å². The molecule has 0 radical (unpaired) electrons. The van der Waals surface area contributed by atoms with Crippen molar-refractivity contribution in [2.24, 2.45) is 5.73 Å². The lowest BCUT2D eigenvalue weighted by molar-refractivity contribution is 0.0600. The third kappa shape index (κ3) is 2.97. The van der Waals surface area contributed by atoms with Crippen LogP contribution in [0.3, 0.4) is 0 Å². The number of ether oxygens (including phenoxy) is 1. The standard InChI is InChI=1S/C24H19NO4/c1-24(29-23(25)28,22-18-8-3-2-6-15(18)11-13-21(22)27)20-12-10-16(14-26)17-7-4-5-9-19(17)20/h2-14,27H,1H3,(H2,25,28). The number of carbonyl (C=O) groups is 2. The minimum Gasteiger partial charge on any atom is -0.507 e. The van der Waals surface area contributed by atoms with Crippen molar-refractivity contribution in [2.45, 2.75) is 12.5 Å². The highest BCUT2D eigenvalue weighted by Gasteiger charge is 2.38. The van der Waals surface area contributed by atoms with Gasteiger partial charge in [0.25, 0.3) is 0 Å². The number of rotatable bonds is 4. The van der Waals surface area contributed by atoms with Crippen molar-refractivity contribution in [1.82, 2.24) is 0 Å². The summed E-state index contributed by atoms with van der Waals surface area (Å²) in [6, 6.07) is 21.6. The van der Waals surface area contributed by atoms with Gasteiger partial charge in [0, 0.05) is 16.7 Å². The molecule has 0 aromatic heterocycles. The Bertz CT molecular complexity index is 1260. The SMILES string of the molecule is CC(OC(N)=O)(c1c(O)ccc2ccccc12)c1ccc(C=O)c2ccccc12. The molecule has 0 saturated carbocycles. The van der Waals surface area contributed by atoms with Gasteiger partial charge in [-0.25, -0.2) is 4.79 Å². The maximum atomic E-state index is 11.9. The molecule has 4 rings (SSSR count). The number of amides is 1. The van der Waals surface area contributed by atoms with E-state index in [0.29, 0.717) is 16.7 Å². The molecule has 4 aromatic rings. The van der Waals surface area contributed by atoms with Gasteiger partial charge in [-0.2, -0.15) is 0 Å². The molecule has 5 nitrogen and oxygen atoms in total. The van der Waals surface area contributed by atoms with Gasteiger partial charge < -0.3 is 15.6 Å². The summed E-state index contributed by atoms with van der Waals surface area (Å²) >= 11 is 0. The Morgan fingerprint density at radius 2 is 1.59 bits per heavy atom. The van der Waals surface area contributed by atoms with Crippen molar-refractivity contribution >= 4 is 33.9 Å². The van der Waals surface area contributed by atoms with E-state index in [1.54, 1.807) is 31.2 Å². The van der Waals surface area contributed by atoms with E-state index in [2.05, 4.69) is 0 Å². The number of phenolic OH excluding ortho intramolecular Hbond substituents is 1. The lowest BCUT2D eigenvalue weighted by Crippen LogP contribution is -2.33. The van der Waals surface area contributed by atoms with Gasteiger partial charge in [0.2, 0.25) is 0 Å². The normalized spacial score (nSPS) is 13.1. The molecule has 29 heavy (non-hydrogen) atoms. The molecule has 1 atom stereocenters. The number of fused-ring (bicyclic) bond motifs is 2. The van der Waals surface area contributed by atoms with E-state index in [0.717, 1.165) is 27.8 Å². The van der Waals surface area contributed by atoms with Gasteiger partial charge in [-0.3, -0.25) is 4.79 Å². The monoisotopic (exact) mass is 385 g/mol. The highest BCUT2D eigenvalue weighted by Crippen LogP contribution is 2.45. The predicted octanol–water partition coefficient (Wildman–Crippen LogP) is 4.87. The average Bonchev–Trinajstić information content (AvgIpc) is 2.72. The van der Waals surface area contributed by atoms with Crippen molar-refractivity contribution in [3.8, 4) is 5.75 Å². The number of aromatic hydroxyl groups is 1. The van der Waals surface area contributed by atoms with Crippen LogP contribution in [0.15, 0.2) is 72.8 Å². The van der Waals surface area contributed by atoms with E-state index in [4.69, 9.17) is 10.5 Å². The Morgan fingerprint density at radius 3 is 2.28 bits per heavy atom. The minimum absolute atomic E-state index is 0.0176. The van der Waals surface area contributed by atoms with Crippen LogP contribution >= 0.6 is 0 Å². The van der Waals surface area contributed by atoms with E-state index >= 15 is 0 Å². The molecule has 0 aliphatic rings. The number of nitrogens with two attached hydrogens (primary N) is 1. The fourth-order valence-corrected chi connectivity index (χ4v) is 4.04. The Balaban J connectivity index is 2.13. The second-order valence-electron chi connectivity index (χ2n) is 7.00. The molecule has 0 spiro atoms. The molecule has 1 unspecified atom stereocenters. The van der Waals surface area contributed by atoms with Crippen LogP contribution in [0.4, 0.5) is 4.79 Å². The van der Waals surface area contributed by atoms with Crippen LogP contribution in [0.2, 0.25) is 0 Å². The van der Waals surface area contributed by atoms with Gasteiger partial charge in [0.15, 0.2) is 11.9 Å². The van der Waals surface area contributed by atoms with E-state index in [9.17, 15) is 14.7 Å². The Labute approximate surface area is 167 Å². The quantitative estimate of drug-likeness (QED) is 0.491. The first-order valence-electron chi connectivity index (χ1n) is 9.13. The summed E-state index contributed by atoms with van der Waals surface area (Å²) in [4.78, 5) is 23.4. The third-order valence-electron chi connectivity index (χ3n) is 5.29. The van der Waals surface area contributed by atoms with Crippen LogP contribution in [0.25, 0.3) is 21.5 Å². The third-order valence-corrected chi connectivity index (χ3v) is 5.29. The summed E-state index contributed by atoms with van der Waals surface area (Å²) in [5, 5.41) is 13.9. The van der Waals surface area contributed by atoms with Crippen molar-refractivity contribution in [3.63, 3.8) is 0 Å². The van der Waals surface area contributed by atoms with Gasteiger partial charge >= 0.3 is 6.09 Å². The molecule has 3 N–H and O–H groups in total. The fraction of sp³-hybridized carbons (Fsp3) is 0.0833. The van der Waals surface area contributed by atoms with E-state index in [-0.39, 0.29) is 5.75 Å². The van der Waals surface area contributed by atoms with E-state index in [1.807, 2.05) is 48.5 Å². The highest BCUT2D eigenvalue weighted by molar-refractivity contribution is 6.01. The molecule has 0 bridgehead atoms. The number of benzene rings is 4. The molecular weight excluding hydrogens is 366 g/mol. The summed E-state index contributed by atoms with van der Waals surface area (Å²) < 4.78 is 5.67. The first kappa shape index (κ1) is 18.5. The number of carbonyl (C=O) groups excluding carboxylic acids is 2. The molecule has 5 heteroatoms. The number of hydrogen-bond acceptors (Lipinski definition) is 4. The maximum absolute atomic E-state index is 11.9.